The summed E-state index contributed by atoms with van der Waals surface area (Å²) >= 11 is 0. The number of hydrogen-bond donors (Lipinski definition) is 1. The topological polar surface area (TPSA) is 29.9 Å². The number of rotatable bonds is 1. The number of nitrogens with one attached hydrogen (secondary N) is 1. The molecule has 22 heavy (non-hydrogen) atoms. The summed E-state index contributed by atoms with van der Waals surface area (Å²) in [5.74, 6) is 0. The summed E-state index contributed by atoms with van der Waals surface area (Å²) < 4.78 is 2.29. The summed E-state index contributed by atoms with van der Waals surface area (Å²) in [5, 5.41) is 3.47. The minimum Gasteiger partial charge on any atom is -0.319 e. The van der Waals surface area contributed by atoms with E-state index in [1.165, 1.54) is 33.5 Å². The average molecular weight is 287 g/mol. The number of hydrogen-bond acceptors (Lipinski definition) is 2. The number of fused-ring (bicyclic) bond motifs is 4. The molecule has 1 unspecified atom stereocenters. The summed E-state index contributed by atoms with van der Waals surface area (Å²) in [6.07, 6.45) is 5.06. The number of imidazole rings is 1. The first kappa shape index (κ1) is 12.2. The lowest BCUT2D eigenvalue weighted by atomic mass is 9.92. The van der Waals surface area contributed by atoms with Gasteiger partial charge in [0.2, 0.25) is 0 Å². The molecule has 1 aromatic heterocycles. The predicted octanol–water partition coefficient (Wildman–Crippen LogP) is 3.15. The molecule has 0 saturated carbocycles. The largest absolute Gasteiger partial charge is 0.319 e. The second-order valence-corrected chi connectivity index (χ2v) is 6.13. The zero-order chi connectivity index (χ0) is 14.5. The Kier molecular flexibility index (Phi) is 2.52. The van der Waals surface area contributed by atoms with E-state index in [2.05, 4.69) is 57.3 Å². The highest BCUT2D eigenvalue weighted by Gasteiger charge is 2.29. The van der Waals surface area contributed by atoms with E-state index in [4.69, 9.17) is 0 Å². The van der Waals surface area contributed by atoms with Crippen molar-refractivity contribution in [2.24, 2.45) is 0 Å². The van der Waals surface area contributed by atoms with Crippen LogP contribution in [0.4, 0.5) is 0 Å². The maximum absolute atomic E-state index is 4.36. The van der Waals surface area contributed by atoms with Crippen LogP contribution in [0.15, 0.2) is 55.0 Å². The van der Waals surface area contributed by atoms with Crippen molar-refractivity contribution in [2.75, 3.05) is 6.54 Å². The Labute approximate surface area is 129 Å². The van der Waals surface area contributed by atoms with E-state index in [9.17, 15) is 0 Å². The van der Waals surface area contributed by atoms with Gasteiger partial charge in [-0.15, -0.1) is 0 Å². The number of benzene rings is 2. The van der Waals surface area contributed by atoms with Gasteiger partial charge in [0.25, 0.3) is 0 Å². The third-order valence-electron chi connectivity index (χ3n) is 4.91. The fourth-order valence-electron chi connectivity index (χ4n) is 3.85. The molecule has 3 nitrogen and oxygen atoms in total. The molecule has 0 aliphatic carbocycles. The van der Waals surface area contributed by atoms with Crippen molar-refractivity contribution in [1.29, 1.82) is 0 Å². The maximum atomic E-state index is 4.36. The Balaban J connectivity index is 1.70. The molecule has 108 valence electrons. The van der Waals surface area contributed by atoms with Gasteiger partial charge in [-0.25, -0.2) is 4.98 Å². The molecule has 0 radical (unpaired) electrons. The van der Waals surface area contributed by atoms with E-state index in [0.29, 0.717) is 0 Å². The summed E-state index contributed by atoms with van der Waals surface area (Å²) in [4.78, 5) is 4.36. The number of nitrogens with zero attached hydrogens (tertiary/aromatic N) is 2. The monoisotopic (exact) mass is 287 g/mol. The van der Waals surface area contributed by atoms with Crippen molar-refractivity contribution in [3.63, 3.8) is 0 Å². The van der Waals surface area contributed by atoms with Crippen LogP contribution in [0.1, 0.15) is 28.3 Å². The average Bonchev–Trinajstić information content (AvgIpc) is 3.15. The summed E-state index contributed by atoms with van der Waals surface area (Å²) in [6, 6.07) is 15.9. The van der Waals surface area contributed by atoms with E-state index < -0.39 is 0 Å². The van der Waals surface area contributed by atoms with Gasteiger partial charge < -0.3 is 9.88 Å². The van der Waals surface area contributed by atoms with Gasteiger partial charge in [0.05, 0.1) is 24.3 Å². The van der Waals surface area contributed by atoms with Crippen LogP contribution in [-0.2, 0) is 13.0 Å². The lowest BCUT2D eigenvalue weighted by Gasteiger charge is -2.21. The molecule has 3 aromatic rings. The highest BCUT2D eigenvalue weighted by molar-refractivity contribution is 5.70. The minimum absolute atomic E-state index is 0.251. The van der Waals surface area contributed by atoms with Gasteiger partial charge in [0.1, 0.15) is 0 Å². The summed E-state index contributed by atoms with van der Waals surface area (Å²) in [5.41, 5.74) is 8.18. The Morgan fingerprint density at radius 1 is 1.09 bits per heavy atom. The molecular weight excluding hydrogens is 270 g/mol. The van der Waals surface area contributed by atoms with Crippen LogP contribution in [-0.4, -0.2) is 16.1 Å². The fourth-order valence-corrected chi connectivity index (χ4v) is 3.85. The van der Waals surface area contributed by atoms with E-state index in [1.807, 2.05) is 12.5 Å². The van der Waals surface area contributed by atoms with Crippen LogP contribution in [0.2, 0.25) is 0 Å². The maximum Gasteiger partial charge on any atom is 0.0959 e. The van der Waals surface area contributed by atoms with Gasteiger partial charge in [-0.1, -0.05) is 42.5 Å². The second kappa shape index (κ2) is 4.55. The minimum atomic E-state index is 0.251. The normalized spacial score (nSPS) is 18.6. The van der Waals surface area contributed by atoms with Gasteiger partial charge in [-0.3, -0.25) is 0 Å². The summed E-state index contributed by atoms with van der Waals surface area (Å²) in [6.45, 7) is 2.07. The zero-order valence-corrected chi connectivity index (χ0v) is 12.3. The standard InChI is InChI=1S/C19H17N3/c1-2-4-17-16(3-1)18-11-21-12-22(18)19(17)14-6-5-13-7-8-20-10-15(13)9-14/h1-6,9,11-12,19-20H,7-8,10H2. The van der Waals surface area contributed by atoms with Crippen molar-refractivity contribution in [2.45, 2.75) is 19.0 Å². The van der Waals surface area contributed by atoms with Gasteiger partial charge in [0.15, 0.2) is 0 Å². The lowest BCUT2D eigenvalue weighted by Crippen LogP contribution is -2.24. The molecule has 2 aliphatic heterocycles. The Morgan fingerprint density at radius 3 is 3.05 bits per heavy atom. The zero-order valence-electron chi connectivity index (χ0n) is 12.3. The molecule has 0 fully saturated rings. The third-order valence-corrected chi connectivity index (χ3v) is 4.91. The van der Waals surface area contributed by atoms with Gasteiger partial charge >= 0.3 is 0 Å². The van der Waals surface area contributed by atoms with Crippen LogP contribution in [0.5, 0.6) is 0 Å². The predicted molar refractivity (Wildman–Crippen MR) is 86.8 cm³/mol. The molecule has 2 aliphatic rings. The van der Waals surface area contributed by atoms with Gasteiger partial charge in [-0.2, -0.15) is 0 Å². The van der Waals surface area contributed by atoms with Crippen LogP contribution in [0, 0.1) is 0 Å². The Bertz CT molecular complexity index is 863. The molecule has 1 atom stereocenters. The molecule has 0 bridgehead atoms. The van der Waals surface area contributed by atoms with Crippen molar-refractivity contribution in [1.82, 2.24) is 14.9 Å². The van der Waals surface area contributed by atoms with Gasteiger partial charge in [0, 0.05) is 12.1 Å². The highest BCUT2D eigenvalue weighted by atomic mass is 15.1. The smallest absolute Gasteiger partial charge is 0.0959 e. The fraction of sp³-hybridized carbons (Fsp3) is 0.211. The molecule has 0 spiro atoms. The van der Waals surface area contributed by atoms with Crippen LogP contribution >= 0.6 is 0 Å². The SMILES string of the molecule is c1ccc2c(c1)-c1cncn1C2c1ccc2c(c1)CNCC2. The Hall–Kier alpha value is -2.39. The molecule has 3 heterocycles. The molecule has 0 amide bonds. The van der Waals surface area contributed by atoms with E-state index >= 15 is 0 Å². The van der Waals surface area contributed by atoms with Crippen molar-refractivity contribution >= 4 is 0 Å². The molecule has 0 saturated heterocycles. The molecule has 1 N–H and O–H groups in total. The number of aromatic nitrogens is 2. The van der Waals surface area contributed by atoms with Crippen LogP contribution in [0.3, 0.4) is 0 Å². The van der Waals surface area contributed by atoms with Crippen LogP contribution < -0.4 is 5.32 Å². The first-order valence-corrected chi connectivity index (χ1v) is 7.85. The van der Waals surface area contributed by atoms with E-state index in [0.717, 1.165) is 19.5 Å². The molecular formula is C19H17N3. The van der Waals surface area contributed by atoms with Crippen molar-refractivity contribution < 1.29 is 0 Å². The molecule has 3 heteroatoms. The first-order chi connectivity index (χ1) is 10.9. The lowest BCUT2D eigenvalue weighted by molar-refractivity contribution is 0.638. The van der Waals surface area contributed by atoms with Crippen molar-refractivity contribution in [3.05, 3.63) is 77.2 Å². The second-order valence-electron chi connectivity index (χ2n) is 6.13. The highest BCUT2D eigenvalue weighted by Crippen LogP contribution is 2.42. The Morgan fingerprint density at radius 2 is 2.05 bits per heavy atom. The van der Waals surface area contributed by atoms with Crippen molar-refractivity contribution in [3.8, 4) is 11.3 Å². The first-order valence-electron chi connectivity index (χ1n) is 7.85. The van der Waals surface area contributed by atoms with Crippen LogP contribution in [0.25, 0.3) is 11.3 Å². The third kappa shape index (κ3) is 1.63. The molecule has 5 rings (SSSR count). The van der Waals surface area contributed by atoms with Gasteiger partial charge in [-0.05, 0) is 35.2 Å². The van der Waals surface area contributed by atoms with E-state index in [-0.39, 0.29) is 6.04 Å². The molecule has 2 aromatic carbocycles. The quantitative estimate of drug-likeness (QED) is 0.583. The van der Waals surface area contributed by atoms with E-state index in [1.54, 1.807) is 0 Å². The summed E-state index contributed by atoms with van der Waals surface area (Å²) in [7, 11) is 0.